The molecule has 1 fully saturated rings. The predicted octanol–water partition coefficient (Wildman–Crippen LogP) is 0.0938. The van der Waals surface area contributed by atoms with Crippen molar-refractivity contribution in [2.24, 2.45) is 5.73 Å². The minimum absolute atomic E-state index is 0.111. The molecule has 0 radical (unpaired) electrons. The zero-order valence-electron chi connectivity index (χ0n) is 12.4. The van der Waals surface area contributed by atoms with Crippen LogP contribution in [0, 0.1) is 0 Å². The van der Waals surface area contributed by atoms with Crippen LogP contribution < -0.4 is 16.0 Å². The number of pyridine rings is 1. The lowest BCUT2D eigenvalue weighted by molar-refractivity contribution is 0.0418. The molecule has 3 rings (SSSR count). The molecule has 2 heterocycles. The molecule has 0 saturated carbocycles. The molecular formula is C15H22N4O2. The Labute approximate surface area is 124 Å². The number of hydrogen-bond donors (Lipinski definition) is 2. The highest BCUT2D eigenvalue weighted by Gasteiger charge is 2.26. The van der Waals surface area contributed by atoms with Gasteiger partial charge in [0.05, 0.1) is 18.3 Å². The van der Waals surface area contributed by atoms with Crippen LogP contribution in [0.2, 0.25) is 0 Å². The first kappa shape index (κ1) is 14.3. The largest absolute Gasteiger partial charge is 0.373 e. The van der Waals surface area contributed by atoms with Crippen LogP contribution in [-0.2, 0) is 17.6 Å². The summed E-state index contributed by atoms with van der Waals surface area (Å²) < 4.78 is 5.71. The summed E-state index contributed by atoms with van der Waals surface area (Å²) in [7, 11) is 1.91. The van der Waals surface area contributed by atoms with Crippen LogP contribution >= 0.6 is 0 Å². The van der Waals surface area contributed by atoms with Gasteiger partial charge in [-0.05, 0) is 37.9 Å². The fourth-order valence-electron chi connectivity index (χ4n) is 3.15. The van der Waals surface area contributed by atoms with Crippen molar-refractivity contribution in [1.29, 1.82) is 0 Å². The number of nitrogens with one attached hydrogen (secondary N) is 1. The van der Waals surface area contributed by atoms with Crippen molar-refractivity contribution in [3.63, 3.8) is 0 Å². The predicted molar refractivity (Wildman–Crippen MR) is 80.7 cm³/mol. The number of nitrogens with two attached hydrogens (primary N) is 1. The molecule has 1 amide bonds. The van der Waals surface area contributed by atoms with E-state index in [1.165, 1.54) is 5.56 Å². The van der Waals surface area contributed by atoms with Gasteiger partial charge in [0.15, 0.2) is 0 Å². The van der Waals surface area contributed by atoms with Gasteiger partial charge in [0.25, 0.3) is 5.91 Å². The van der Waals surface area contributed by atoms with Crippen LogP contribution in [0.1, 0.15) is 28.0 Å². The van der Waals surface area contributed by atoms with E-state index in [0.717, 1.165) is 50.4 Å². The zero-order chi connectivity index (χ0) is 14.8. The third-order valence-corrected chi connectivity index (χ3v) is 4.17. The minimum atomic E-state index is -0.399. The van der Waals surface area contributed by atoms with Gasteiger partial charge in [0.2, 0.25) is 0 Å². The van der Waals surface area contributed by atoms with E-state index < -0.39 is 5.91 Å². The number of likely N-dealkylation sites (N-methyl/N-ethyl adjacent to an activating group) is 1. The van der Waals surface area contributed by atoms with Crippen molar-refractivity contribution >= 4 is 11.7 Å². The number of ether oxygens (including phenoxy) is 1. The molecule has 0 aromatic carbocycles. The molecule has 3 N–H and O–H groups in total. The SMILES string of the molecule is CNCC1CN(c2nc3c(cc2C(N)=O)CCC3)CCO1. The van der Waals surface area contributed by atoms with Crippen LogP contribution in [0.5, 0.6) is 0 Å². The number of hydrogen-bond acceptors (Lipinski definition) is 5. The second-order valence-corrected chi connectivity index (χ2v) is 5.68. The van der Waals surface area contributed by atoms with Gasteiger partial charge in [-0.3, -0.25) is 4.79 Å². The van der Waals surface area contributed by atoms with Gasteiger partial charge in [-0.15, -0.1) is 0 Å². The number of fused-ring (bicyclic) bond motifs is 1. The second kappa shape index (κ2) is 5.99. The van der Waals surface area contributed by atoms with E-state index >= 15 is 0 Å². The van der Waals surface area contributed by atoms with Gasteiger partial charge in [-0.25, -0.2) is 4.98 Å². The first-order chi connectivity index (χ1) is 10.2. The number of primary amides is 1. The lowest BCUT2D eigenvalue weighted by Crippen LogP contribution is -2.47. The monoisotopic (exact) mass is 290 g/mol. The van der Waals surface area contributed by atoms with Crippen LogP contribution in [0.25, 0.3) is 0 Å². The number of rotatable bonds is 4. The Morgan fingerprint density at radius 3 is 3.19 bits per heavy atom. The highest BCUT2D eigenvalue weighted by molar-refractivity contribution is 5.98. The highest BCUT2D eigenvalue weighted by Crippen LogP contribution is 2.28. The molecule has 114 valence electrons. The van der Waals surface area contributed by atoms with E-state index in [4.69, 9.17) is 15.5 Å². The van der Waals surface area contributed by atoms with Crippen LogP contribution in [-0.4, -0.2) is 50.3 Å². The van der Waals surface area contributed by atoms with Crippen molar-refractivity contribution in [2.45, 2.75) is 25.4 Å². The first-order valence-electron chi connectivity index (χ1n) is 7.52. The normalized spacial score (nSPS) is 21.4. The maximum atomic E-state index is 11.8. The zero-order valence-corrected chi connectivity index (χ0v) is 12.4. The summed E-state index contributed by atoms with van der Waals surface area (Å²) in [5.41, 5.74) is 8.39. The Bertz CT molecular complexity index is 545. The molecule has 0 spiro atoms. The number of morpholine rings is 1. The molecule has 1 atom stereocenters. The molecule has 2 aliphatic rings. The number of aromatic nitrogens is 1. The summed E-state index contributed by atoms with van der Waals surface area (Å²) in [5.74, 6) is 0.330. The van der Waals surface area contributed by atoms with Gasteiger partial charge in [-0.1, -0.05) is 0 Å². The van der Waals surface area contributed by atoms with Crippen molar-refractivity contribution in [1.82, 2.24) is 10.3 Å². The molecule has 1 aromatic heterocycles. The molecule has 1 aromatic rings. The van der Waals surface area contributed by atoms with E-state index in [-0.39, 0.29) is 6.10 Å². The number of anilines is 1. The Hall–Kier alpha value is -1.66. The topological polar surface area (TPSA) is 80.5 Å². The Morgan fingerprint density at radius 2 is 2.43 bits per heavy atom. The quantitative estimate of drug-likeness (QED) is 0.822. The maximum Gasteiger partial charge on any atom is 0.252 e. The smallest absolute Gasteiger partial charge is 0.252 e. The lowest BCUT2D eigenvalue weighted by Gasteiger charge is -2.34. The summed E-state index contributed by atoms with van der Waals surface area (Å²) >= 11 is 0. The molecule has 0 bridgehead atoms. The number of carbonyl (C=O) groups is 1. The first-order valence-corrected chi connectivity index (χ1v) is 7.52. The van der Waals surface area contributed by atoms with Gasteiger partial charge >= 0.3 is 0 Å². The average Bonchev–Trinajstić information content (AvgIpc) is 2.94. The molecule has 6 nitrogen and oxygen atoms in total. The molecule has 6 heteroatoms. The molecule has 21 heavy (non-hydrogen) atoms. The molecule has 1 aliphatic heterocycles. The van der Waals surface area contributed by atoms with Crippen molar-refractivity contribution in [3.8, 4) is 0 Å². The van der Waals surface area contributed by atoms with Gasteiger partial charge in [-0.2, -0.15) is 0 Å². The summed E-state index contributed by atoms with van der Waals surface area (Å²) in [4.78, 5) is 18.7. The van der Waals surface area contributed by atoms with E-state index in [9.17, 15) is 4.79 Å². The molecular weight excluding hydrogens is 268 g/mol. The Kier molecular flexibility index (Phi) is 4.07. The lowest BCUT2D eigenvalue weighted by atomic mass is 10.1. The summed E-state index contributed by atoms with van der Waals surface area (Å²) in [6, 6.07) is 1.94. The van der Waals surface area contributed by atoms with E-state index in [0.29, 0.717) is 12.2 Å². The van der Waals surface area contributed by atoms with Gasteiger partial charge in [0.1, 0.15) is 5.82 Å². The summed E-state index contributed by atoms with van der Waals surface area (Å²) in [6.07, 6.45) is 3.20. The van der Waals surface area contributed by atoms with E-state index in [1.54, 1.807) is 0 Å². The third-order valence-electron chi connectivity index (χ3n) is 4.17. The van der Waals surface area contributed by atoms with E-state index in [1.807, 2.05) is 13.1 Å². The van der Waals surface area contributed by atoms with Crippen LogP contribution in [0.3, 0.4) is 0 Å². The standard InChI is InChI=1S/C15H22N4O2/c1-17-8-11-9-19(5-6-21-11)15-12(14(16)20)7-10-3-2-4-13(10)18-15/h7,11,17H,2-6,8-9H2,1H3,(H2,16,20). The van der Waals surface area contributed by atoms with Gasteiger partial charge in [0, 0.05) is 25.3 Å². The fourth-order valence-corrected chi connectivity index (χ4v) is 3.15. The average molecular weight is 290 g/mol. The molecule has 1 aliphatic carbocycles. The van der Waals surface area contributed by atoms with Crippen molar-refractivity contribution < 1.29 is 9.53 Å². The number of carbonyl (C=O) groups excluding carboxylic acids is 1. The van der Waals surface area contributed by atoms with Gasteiger partial charge < -0.3 is 20.7 Å². The van der Waals surface area contributed by atoms with E-state index in [2.05, 4.69) is 10.2 Å². The molecule has 1 unspecified atom stereocenters. The van der Waals surface area contributed by atoms with Crippen molar-refractivity contribution in [3.05, 3.63) is 22.9 Å². The Morgan fingerprint density at radius 1 is 1.57 bits per heavy atom. The van der Waals surface area contributed by atoms with Crippen molar-refractivity contribution in [2.75, 3.05) is 38.2 Å². The van der Waals surface area contributed by atoms with Crippen LogP contribution in [0.15, 0.2) is 6.07 Å². The Balaban J connectivity index is 1.91. The number of aryl methyl sites for hydroxylation is 2. The fraction of sp³-hybridized carbons (Fsp3) is 0.600. The highest BCUT2D eigenvalue weighted by atomic mass is 16.5. The minimum Gasteiger partial charge on any atom is -0.373 e. The summed E-state index contributed by atoms with van der Waals surface area (Å²) in [5, 5.41) is 3.12. The van der Waals surface area contributed by atoms with Crippen LogP contribution in [0.4, 0.5) is 5.82 Å². The number of amides is 1. The maximum absolute atomic E-state index is 11.8. The number of nitrogens with zero attached hydrogens (tertiary/aromatic N) is 2. The summed E-state index contributed by atoms with van der Waals surface area (Å²) in [6.45, 7) is 2.90. The molecule has 1 saturated heterocycles. The second-order valence-electron chi connectivity index (χ2n) is 5.68. The third kappa shape index (κ3) is 2.87.